The first-order valence-corrected chi connectivity index (χ1v) is 8.92. The van der Waals surface area contributed by atoms with Crippen LogP contribution in [0.5, 0.6) is 11.5 Å². The van der Waals surface area contributed by atoms with Gasteiger partial charge >= 0.3 is 0 Å². The quantitative estimate of drug-likeness (QED) is 0.755. The highest BCUT2D eigenvalue weighted by Gasteiger charge is 2.41. The molecule has 0 spiro atoms. The second kappa shape index (κ2) is 7.66. The van der Waals surface area contributed by atoms with Crippen molar-refractivity contribution < 1.29 is 19.1 Å². The average molecular weight is 409 g/mol. The molecule has 1 aliphatic rings. The molecule has 6 nitrogen and oxygen atoms in total. The van der Waals surface area contributed by atoms with Gasteiger partial charge in [0.15, 0.2) is 0 Å². The van der Waals surface area contributed by atoms with Gasteiger partial charge in [0.1, 0.15) is 17.5 Å². The molecule has 1 N–H and O–H groups in total. The smallest absolute Gasteiger partial charge is 0.256 e. The number of benzene rings is 2. The first kappa shape index (κ1) is 19.3. The van der Waals surface area contributed by atoms with E-state index in [0.29, 0.717) is 32.9 Å². The van der Waals surface area contributed by atoms with Crippen molar-refractivity contribution in [2.24, 2.45) is 0 Å². The number of rotatable bonds is 5. The molecule has 1 saturated heterocycles. The molecule has 27 heavy (non-hydrogen) atoms. The fourth-order valence-electron chi connectivity index (χ4n) is 2.94. The number of ether oxygens (including phenoxy) is 2. The van der Waals surface area contributed by atoms with E-state index < -0.39 is 6.04 Å². The maximum atomic E-state index is 12.9. The number of carbonyl (C=O) groups excluding carboxylic acids is 2. The molecule has 0 saturated carbocycles. The third-order valence-electron chi connectivity index (χ3n) is 4.34. The van der Waals surface area contributed by atoms with Gasteiger partial charge in [-0.3, -0.25) is 9.59 Å². The highest BCUT2D eigenvalue weighted by atomic mass is 35.5. The Morgan fingerprint density at radius 3 is 2.37 bits per heavy atom. The Labute approximate surface area is 167 Å². The number of imide groups is 1. The number of aryl methyl sites for hydroxylation is 1. The van der Waals surface area contributed by atoms with Crippen molar-refractivity contribution in [3.05, 3.63) is 45.9 Å². The van der Waals surface area contributed by atoms with Crippen LogP contribution in [-0.2, 0) is 9.59 Å². The minimum Gasteiger partial charge on any atom is -0.495 e. The topological polar surface area (TPSA) is 67.9 Å². The van der Waals surface area contributed by atoms with Crippen LogP contribution in [0.3, 0.4) is 0 Å². The SMILES string of the molecule is COc1ccc(NC2CC(=O)N(c3cc(C)c(Cl)cc3OC)C2=O)cc1Cl. The van der Waals surface area contributed by atoms with Crippen molar-refractivity contribution in [1.82, 2.24) is 0 Å². The predicted molar refractivity (Wildman–Crippen MR) is 105 cm³/mol. The van der Waals surface area contributed by atoms with Gasteiger partial charge in [0.25, 0.3) is 5.91 Å². The lowest BCUT2D eigenvalue weighted by atomic mass is 10.2. The van der Waals surface area contributed by atoms with Crippen molar-refractivity contribution in [3.63, 3.8) is 0 Å². The normalized spacial score (nSPS) is 16.6. The molecule has 0 aromatic heterocycles. The summed E-state index contributed by atoms with van der Waals surface area (Å²) in [7, 11) is 2.98. The van der Waals surface area contributed by atoms with E-state index in [1.54, 1.807) is 37.3 Å². The molecule has 2 aromatic carbocycles. The van der Waals surface area contributed by atoms with Crippen molar-refractivity contribution in [1.29, 1.82) is 0 Å². The van der Waals surface area contributed by atoms with Gasteiger partial charge in [-0.05, 0) is 36.8 Å². The number of hydrogen-bond acceptors (Lipinski definition) is 5. The summed E-state index contributed by atoms with van der Waals surface area (Å²) in [5.41, 5.74) is 1.74. The lowest BCUT2D eigenvalue weighted by Gasteiger charge is -2.20. The Morgan fingerprint density at radius 2 is 1.74 bits per heavy atom. The van der Waals surface area contributed by atoms with E-state index in [9.17, 15) is 9.59 Å². The van der Waals surface area contributed by atoms with Gasteiger partial charge in [-0.1, -0.05) is 23.2 Å². The van der Waals surface area contributed by atoms with Crippen LogP contribution in [-0.4, -0.2) is 32.1 Å². The van der Waals surface area contributed by atoms with Crippen LogP contribution in [0.4, 0.5) is 11.4 Å². The summed E-state index contributed by atoms with van der Waals surface area (Å²) in [5.74, 6) is 0.198. The van der Waals surface area contributed by atoms with Crippen molar-refractivity contribution >= 4 is 46.4 Å². The molecule has 1 unspecified atom stereocenters. The number of halogens is 2. The highest BCUT2D eigenvalue weighted by Crippen LogP contribution is 2.37. The molecular weight excluding hydrogens is 391 g/mol. The highest BCUT2D eigenvalue weighted by molar-refractivity contribution is 6.32. The van der Waals surface area contributed by atoms with E-state index in [1.807, 2.05) is 0 Å². The summed E-state index contributed by atoms with van der Waals surface area (Å²) in [6.45, 7) is 1.80. The summed E-state index contributed by atoms with van der Waals surface area (Å²) in [6.07, 6.45) is 0.0211. The summed E-state index contributed by atoms with van der Waals surface area (Å²) in [6, 6.07) is 7.63. The third-order valence-corrected chi connectivity index (χ3v) is 5.04. The molecule has 3 rings (SSSR count). The Bertz CT molecular complexity index is 917. The lowest BCUT2D eigenvalue weighted by Crippen LogP contribution is -2.35. The Balaban J connectivity index is 1.88. The fourth-order valence-corrected chi connectivity index (χ4v) is 3.35. The number of amides is 2. The van der Waals surface area contributed by atoms with Gasteiger partial charge in [0, 0.05) is 16.8 Å². The molecule has 1 fully saturated rings. The van der Waals surface area contributed by atoms with E-state index in [4.69, 9.17) is 32.7 Å². The molecule has 1 aliphatic heterocycles. The van der Waals surface area contributed by atoms with Crippen molar-refractivity contribution in [3.8, 4) is 11.5 Å². The predicted octanol–water partition coefficient (Wildman–Crippen LogP) is 4.06. The van der Waals surface area contributed by atoms with E-state index in [2.05, 4.69) is 5.32 Å². The molecular formula is C19H18Cl2N2O4. The van der Waals surface area contributed by atoms with Gasteiger partial charge < -0.3 is 14.8 Å². The molecule has 8 heteroatoms. The summed E-state index contributed by atoms with van der Waals surface area (Å²) < 4.78 is 10.4. The number of anilines is 2. The van der Waals surface area contributed by atoms with Crippen molar-refractivity contribution in [2.75, 3.05) is 24.4 Å². The summed E-state index contributed by atoms with van der Waals surface area (Å²) >= 11 is 12.2. The van der Waals surface area contributed by atoms with Gasteiger partial charge in [0.05, 0.1) is 31.4 Å². The van der Waals surface area contributed by atoms with Gasteiger partial charge in [0.2, 0.25) is 5.91 Å². The average Bonchev–Trinajstić information content (AvgIpc) is 2.90. The third kappa shape index (κ3) is 3.68. The number of methoxy groups -OCH3 is 2. The van der Waals surface area contributed by atoms with Crippen LogP contribution < -0.4 is 19.7 Å². The fraction of sp³-hybridized carbons (Fsp3) is 0.263. The number of carbonyl (C=O) groups is 2. The van der Waals surface area contributed by atoms with Crippen LogP contribution in [0.15, 0.2) is 30.3 Å². The zero-order chi connectivity index (χ0) is 19.7. The van der Waals surface area contributed by atoms with E-state index in [1.165, 1.54) is 14.2 Å². The van der Waals surface area contributed by atoms with Crippen LogP contribution in [0, 0.1) is 6.92 Å². The van der Waals surface area contributed by atoms with Crippen LogP contribution in [0.2, 0.25) is 10.0 Å². The molecule has 142 valence electrons. The lowest BCUT2D eigenvalue weighted by molar-refractivity contribution is -0.121. The minimum atomic E-state index is -0.706. The Hall–Kier alpha value is -2.44. The number of nitrogens with one attached hydrogen (secondary N) is 1. The molecule has 1 atom stereocenters. The summed E-state index contributed by atoms with van der Waals surface area (Å²) in [4.78, 5) is 26.6. The molecule has 2 aromatic rings. The van der Waals surface area contributed by atoms with Gasteiger partial charge in [-0.2, -0.15) is 0 Å². The zero-order valence-electron chi connectivity index (χ0n) is 15.0. The summed E-state index contributed by atoms with van der Waals surface area (Å²) in [5, 5.41) is 3.96. The van der Waals surface area contributed by atoms with Crippen LogP contribution >= 0.6 is 23.2 Å². The van der Waals surface area contributed by atoms with Crippen LogP contribution in [0.25, 0.3) is 0 Å². The minimum absolute atomic E-state index is 0.0211. The van der Waals surface area contributed by atoms with E-state index >= 15 is 0 Å². The molecule has 2 amide bonds. The molecule has 0 bridgehead atoms. The largest absolute Gasteiger partial charge is 0.495 e. The number of hydrogen-bond donors (Lipinski definition) is 1. The van der Waals surface area contributed by atoms with E-state index in [-0.39, 0.29) is 18.2 Å². The molecule has 0 radical (unpaired) electrons. The Kier molecular flexibility index (Phi) is 5.48. The second-order valence-corrected chi connectivity index (χ2v) is 6.91. The van der Waals surface area contributed by atoms with Gasteiger partial charge in [-0.15, -0.1) is 0 Å². The van der Waals surface area contributed by atoms with Crippen molar-refractivity contribution in [2.45, 2.75) is 19.4 Å². The van der Waals surface area contributed by atoms with Gasteiger partial charge in [-0.25, -0.2) is 4.90 Å². The second-order valence-electron chi connectivity index (χ2n) is 6.09. The first-order valence-electron chi connectivity index (χ1n) is 8.16. The monoisotopic (exact) mass is 408 g/mol. The van der Waals surface area contributed by atoms with Crippen LogP contribution in [0.1, 0.15) is 12.0 Å². The molecule has 1 heterocycles. The zero-order valence-corrected chi connectivity index (χ0v) is 16.5. The maximum absolute atomic E-state index is 12.9. The van der Waals surface area contributed by atoms with E-state index in [0.717, 1.165) is 10.5 Å². The molecule has 0 aliphatic carbocycles. The standard InChI is InChI=1S/C19H18Cl2N2O4/c1-10-6-15(17(27-3)8-12(10)20)23-18(24)9-14(19(23)25)22-11-4-5-16(26-2)13(21)7-11/h4-8,14,22H,9H2,1-3H3. The maximum Gasteiger partial charge on any atom is 0.256 e. The Morgan fingerprint density at radius 1 is 1.04 bits per heavy atom. The number of nitrogens with zero attached hydrogens (tertiary/aromatic N) is 1. The first-order chi connectivity index (χ1) is 12.8.